The number of hydrogen-bond donors (Lipinski definition) is 0. The number of unbranched alkanes of at least 4 members (excludes halogenated alkanes) is 1. The number of halogens is 1. The number of carbonyl (C=O) groups is 1. The Morgan fingerprint density at radius 3 is 1.38 bits per heavy atom. The van der Waals surface area contributed by atoms with Crippen molar-refractivity contribution >= 4 is 53.7 Å². The predicted molar refractivity (Wildman–Crippen MR) is 122 cm³/mol. The Kier molecular flexibility index (Phi) is 7.09. The molecule has 0 amide bonds. The molecule has 0 aliphatic rings. The number of rotatable bonds is 8. The second kappa shape index (κ2) is 9.51. The summed E-state index contributed by atoms with van der Waals surface area (Å²) in [7, 11) is 0. The topological polar surface area (TPSA) is 17.1 Å². The average molecular weight is 515 g/mol. The quantitative estimate of drug-likeness (QED) is 0.193. The van der Waals surface area contributed by atoms with Gasteiger partial charge in [0, 0.05) is 0 Å². The van der Waals surface area contributed by atoms with Gasteiger partial charge >= 0.3 is 173 Å². The van der Waals surface area contributed by atoms with Crippen molar-refractivity contribution in [3.05, 3.63) is 91.0 Å². The van der Waals surface area contributed by atoms with Crippen molar-refractivity contribution in [2.24, 2.45) is 0 Å². The molecule has 1 nitrogen and oxygen atoms in total. The molecule has 0 aliphatic heterocycles. The number of benzene rings is 3. The molecule has 0 radical (unpaired) electrons. The molecule has 0 bridgehead atoms. The van der Waals surface area contributed by atoms with Gasteiger partial charge in [-0.25, -0.2) is 0 Å². The zero-order chi connectivity index (χ0) is 18.2. The molecule has 0 saturated heterocycles. The summed E-state index contributed by atoms with van der Waals surface area (Å²) in [5.41, 5.74) is 0. The van der Waals surface area contributed by atoms with E-state index >= 15 is 0 Å². The Balaban J connectivity index is 2.23. The predicted octanol–water partition coefficient (Wildman–Crippen LogP) is 3.87. The molecular formula is C23H23GeIO. The summed E-state index contributed by atoms with van der Waals surface area (Å²) in [6.45, 7) is 0. The zero-order valence-electron chi connectivity index (χ0n) is 14.8. The molecule has 0 fully saturated rings. The summed E-state index contributed by atoms with van der Waals surface area (Å²) in [6.07, 6.45) is 2.74. The molecule has 3 aromatic rings. The van der Waals surface area contributed by atoms with Crippen molar-refractivity contribution in [2.75, 3.05) is 4.43 Å². The molecule has 0 aromatic heterocycles. The Hall–Kier alpha value is -1.40. The Bertz CT molecular complexity index is 722. The minimum atomic E-state index is -3.41. The Morgan fingerprint density at radius 2 is 1.04 bits per heavy atom. The van der Waals surface area contributed by atoms with E-state index in [1.165, 1.54) is 13.2 Å². The van der Waals surface area contributed by atoms with Crippen LogP contribution in [0.2, 0.25) is 0 Å². The van der Waals surface area contributed by atoms with Crippen LogP contribution in [0.3, 0.4) is 0 Å². The van der Waals surface area contributed by atoms with E-state index in [9.17, 15) is 4.79 Å². The fourth-order valence-corrected chi connectivity index (χ4v) is 13.8. The van der Waals surface area contributed by atoms with Crippen LogP contribution in [0.5, 0.6) is 0 Å². The van der Waals surface area contributed by atoms with Gasteiger partial charge in [0.1, 0.15) is 0 Å². The maximum atomic E-state index is 13.8. The molecule has 0 saturated carbocycles. The summed E-state index contributed by atoms with van der Waals surface area (Å²) < 4.78 is 5.24. The van der Waals surface area contributed by atoms with Crippen LogP contribution in [0, 0.1) is 0 Å². The van der Waals surface area contributed by atoms with E-state index in [-0.39, 0.29) is 0 Å². The number of alkyl halides is 1. The van der Waals surface area contributed by atoms with Crippen LogP contribution in [0.1, 0.15) is 19.3 Å². The Morgan fingerprint density at radius 1 is 0.654 bits per heavy atom. The zero-order valence-corrected chi connectivity index (χ0v) is 19.0. The minimum absolute atomic E-state index is 0.457. The summed E-state index contributed by atoms with van der Waals surface area (Å²) >= 11 is -1.01. The van der Waals surface area contributed by atoms with Gasteiger partial charge in [0.2, 0.25) is 0 Å². The fraction of sp³-hybridized carbons (Fsp3) is 0.174. The molecule has 0 atom stereocenters. The molecule has 0 heterocycles. The van der Waals surface area contributed by atoms with Gasteiger partial charge in [0.15, 0.2) is 0 Å². The van der Waals surface area contributed by atoms with Crippen LogP contribution in [0.25, 0.3) is 0 Å². The standard InChI is InChI=1S/C23H23GeIO/c25-19-11-10-18-23(26)24(20-12-4-1-5-13-20,21-14-6-2-7-15-21)22-16-8-3-9-17-22/h1-9,12-17H,10-11,18-19H2. The van der Waals surface area contributed by atoms with E-state index in [4.69, 9.17) is 0 Å². The Labute approximate surface area is 172 Å². The molecule has 132 valence electrons. The van der Waals surface area contributed by atoms with Crippen LogP contribution >= 0.6 is 22.6 Å². The van der Waals surface area contributed by atoms with Gasteiger partial charge in [0.25, 0.3) is 0 Å². The summed E-state index contributed by atoms with van der Waals surface area (Å²) in [5, 5.41) is 0. The van der Waals surface area contributed by atoms with Crippen molar-refractivity contribution in [1.82, 2.24) is 0 Å². The van der Waals surface area contributed by atoms with Gasteiger partial charge < -0.3 is 0 Å². The van der Waals surface area contributed by atoms with Gasteiger partial charge in [-0.15, -0.1) is 0 Å². The molecule has 3 aromatic carbocycles. The van der Waals surface area contributed by atoms with E-state index < -0.39 is 13.3 Å². The van der Waals surface area contributed by atoms with Crippen LogP contribution in [0.15, 0.2) is 91.0 Å². The molecule has 0 spiro atoms. The van der Waals surface area contributed by atoms with E-state index in [2.05, 4.69) is 95.4 Å². The van der Waals surface area contributed by atoms with Crippen LogP contribution in [-0.4, -0.2) is 22.3 Å². The van der Waals surface area contributed by atoms with Gasteiger partial charge in [-0.1, -0.05) is 0 Å². The van der Waals surface area contributed by atoms with E-state index in [0.717, 1.165) is 17.3 Å². The molecular weight excluding hydrogens is 492 g/mol. The van der Waals surface area contributed by atoms with Gasteiger partial charge in [-0.05, 0) is 0 Å². The van der Waals surface area contributed by atoms with Gasteiger partial charge in [0.05, 0.1) is 0 Å². The van der Waals surface area contributed by atoms with Gasteiger partial charge in [-0.3, -0.25) is 0 Å². The summed E-state index contributed by atoms with van der Waals surface area (Å²) in [5.74, 6) is 0. The summed E-state index contributed by atoms with van der Waals surface area (Å²) in [4.78, 5) is 13.8. The monoisotopic (exact) mass is 516 g/mol. The molecule has 26 heavy (non-hydrogen) atoms. The first-order valence-corrected chi connectivity index (χ1v) is 14.8. The van der Waals surface area contributed by atoms with Gasteiger partial charge in [-0.2, -0.15) is 0 Å². The van der Waals surface area contributed by atoms with E-state index in [0.29, 0.717) is 11.0 Å². The molecule has 0 N–H and O–H groups in total. The normalized spacial score (nSPS) is 11.3. The van der Waals surface area contributed by atoms with E-state index in [1.54, 1.807) is 0 Å². The van der Waals surface area contributed by atoms with Crippen LogP contribution in [0.4, 0.5) is 0 Å². The van der Waals surface area contributed by atoms with Crippen molar-refractivity contribution in [1.29, 1.82) is 0 Å². The third kappa shape index (κ3) is 3.96. The van der Waals surface area contributed by atoms with E-state index in [1.807, 2.05) is 18.2 Å². The van der Waals surface area contributed by atoms with Crippen LogP contribution in [-0.2, 0) is 4.79 Å². The average Bonchev–Trinajstić information content (AvgIpc) is 2.71. The van der Waals surface area contributed by atoms with Crippen molar-refractivity contribution in [3.8, 4) is 0 Å². The first-order valence-electron chi connectivity index (χ1n) is 9.06. The SMILES string of the molecule is O=[C](CCCCI)[Ge]([c]1ccccc1)([c]1ccccc1)[c]1ccccc1. The molecule has 0 unspecified atom stereocenters. The third-order valence-electron chi connectivity index (χ3n) is 4.83. The molecule has 0 aliphatic carbocycles. The molecule has 3 heteroatoms. The fourth-order valence-electron chi connectivity index (χ4n) is 3.61. The molecule has 3 rings (SSSR count). The number of carbonyl (C=O) groups excluding carboxylic acids is 1. The van der Waals surface area contributed by atoms with Crippen molar-refractivity contribution in [3.63, 3.8) is 0 Å². The first kappa shape index (κ1) is 19.4. The maximum absolute atomic E-state index is 13.8. The van der Waals surface area contributed by atoms with Crippen molar-refractivity contribution in [2.45, 2.75) is 19.3 Å². The van der Waals surface area contributed by atoms with Crippen LogP contribution < -0.4 is 13.2 Å². The third-order valence-corrected chi connectivity index (χ3v) is 15.4. The second-order valence-corrected chi connectivity index (χ2v) is 15.4. The summed E-state index contributed by atoms with van der Waals surface area (Å²) in [6, 6.07) is 31.5. The number of hydrogen-bond acceptors (Lipinski definition) is 1. The van der Waals surface area contributed by atoms with Crippen molar-refractivity contribution < 1.29 is 4.79 Å². The first-order chi connectivity index (χ1) is 12.8. The second-order valence-electron chi connectivity index (χ2n) is 6.42.